The highest BCUT2D eigenvalue weighted by Gasteiger charge is 2.10. The van der Waals surface area contributed by atoms with Crippen LogP contribution in [0, 0.1) is 10.1 Å². The molecule has 0 radical (unpaired) electrons. The molecular weight excluding hydrogens is 252 g/mol. The predicted molar refractivity (Wildman–Crippen MR) is 66.6 cm³/mol. The van der Waals surface area contributed by atoms with Crippen molar-refractivity contribution >= 4 is 22.6 Å². The minimum absolute atomic E-state index is 0.0389. The summed E-state index contributed by atoms with van der Waals surface area (Å²) < 4.78 is 1.82. The second kappa shape index (κ2) is 5.46. The number of aromatic nitrogens is 1. The predicted octanol–water partition coefficient (Wildman–Crippen LogP) is 0.861. The number of rotatable bonds is 5. The zero-order valence-electron chi connectivity index (χ0n) is 9.91. The SMILES string of the molecule is NNOC(=O)CCn1ccc2cc([N+](=O)[O-])ccc21. The fourth-order valence-electron chi connectivity index (χ4n) is 1.82. The number of hydrogen-bond acceptors (Lipinski definition) is 6. The van der Waals surface area contributed by atoms with Crippen LogP contribution in [0.5, 0.6) is 0 Å². The molecule has 0 bridgehead atoms. The van der Waals surface area contributed by atoms with Crippen molar-refractivity contribution < 1.29 is 14.6 Å². The quantitative estimate of drug-likeness (QED) is 0.470. The number of carbonyl (C=O) groups excluding carboxylic acids is 1. The van der Waals surface area contributed by atoms with Crippen LogP contribution >= 0.6 is 0 Å². The van der Waals surface area contributed by atoms with Crippen LogP contribution in [0.4, 0.5) is 5.69 Å². The van der Waals surface area contributed by atoms with Gasteiger partial charge in [-0.3, -0.25) is 14.9 Å². The van der Waals surface area contributed by atoms with E-state index < -0.39 is 10.9 Å². The van der Waals surface area contributed by atoms with Gasteiger partial charge in [-0.25, -0.2) is 5.84 Å². The van der Waals surface area contributed by atoms with E-state index in [2.05, 4.69) is 4.84 Å². The van der Waals surface area contributed by atoms with Crippen LogP contribution in [0.25, 0.3) is 10.9 Å². The molecular formula is C11H12N4O4. The number of fused-ring (bicyclic) bond motifs is 1. The summed E-state index contributed by atoms with van der Waals surface area (Å²) in [5.74, 6) is 4.37. The van der Waals surface area contributed by atoms with Gasteiger partial charge in [0.25, 0.3) is 5.69 Å². The van der Waals surface area contributed by atoms with Gasteiger partial charge in [0.05, 0.1) is 11.3 Å². The van der Waals surface area contributed by atoms with E-state index in [1.807, 2.05) is 10.2 Å². The lowest BCUT2D eigenvalue weighted by Gasteiger charge is -2.04. The molecule has 2 aromatic rings. The number of hydrazine groups is 1. The Morgan fingerprint density at radius 1 is 1.47 bits per heavy atom. The van der Waals surface area contributed by atoms with Crippen molar-refractivity contribution in [2.75, 3.05) is 0 Å². The molecule has 3 N–H and O–H groups in total. The smallest absolute Gasteiger partial charge is 0.328 e. The molecule has 1 heterocycles. The Morgan fingerprint density at radius 2 is 2.26 bits per heavy atom. The molecule has 0 amide bonds. The number of nitro benzene ring substituents is 1. The van der Waals surface area contributed by atoms with E-state index in [-0.39, 0.29) is 12.1 Å². The monoisotopic (exact) mass is 264 g/mol. The first kappa shape index (κ1) is 13.0. The summed E-state index contributed by atoms with van der Waals surface area (Å²) in [7, 11) is 0. The molecule has 1 aromatic heterocycles. The Hall–Kier alpha value is -2.45. The number of non-ortho nitro benzene ring substituents is 1. The molecule has 0 atom stereocenters. The van der Waals surface area contributed by atoms with E-state index in [0.29, 0.717) is 6.54 Å². The van der Waals surface area contributed by atoms with Gasteiger partial charge in [-0.2, -0.15) is 0 Å². The minimum atomic E-state index is -0.480. The number of nitro groups is 1. The van der Waals surface area contributed by atoms with Crippen molar-refractivity contribution in [3.8, 4) is 0 Å². The van der Waals surface area contributed by atoms with E-state index in [0.717, 1.165) is 10.9 Å². The van der Waals surface area contributed by atoms with Gasteiger partial charge in [0.1, 0.15) is 0 Å². The molecule has 0 aliphatic rings. The highest BCUT2D eigenvalue weighted by Crippen LogP contribution is 2.22. The molecule has 0 saturated heterocycles. The molecule has 8 nitrogen and oxygen atoms in total. The van der Waals surface area contributed by atoms with Crippen LogP contribution in [0.15, 0.2) is 30.5 Å². The van der Waals surface area contributed by atoms with Crippen LogP contribution in [0.2, 0.25) is 0 Å². The molecule has 0 aliphatic carbocycles. The summed E-state index contributed by atoms with van der Waals surface area (Å²) in [5.41, 5.74) is 2.68. The van der Waals surface area contributed by atoms with E-state index >= 15 is 0 Å². The summed E-state index contributed by atoms with van der Waals surface area (Å²) in [6, 6.07) is 6.33. The molecule has 1 aromatic carbocycles. The van der Waals surface area contributed by atoms with E-state index in [9.17, 15) is 14.9 Å². The maximum Gasteiger partial charge on any atom is 0.328 e. The Morgan fingerprint density at radius 3 is 2.95 bits per heavy atom. The Kier molecular flexibility index (Phi) is 3.74. The lowest BCUT2D eigenvalue weighted by Crippen LogP contribution is -2.26. The van der Waals surface area contributed by atoms with Crippen molar-refractivity contribution in [1.82, 2.24) is 10.2 Å². The molecule has 0 saturated carbocycles. The first-order valence-electron chi connectivity index (χ1n) is 5.50. The molecule has 8 heteroatoms. The third-order valence-corrected chi connectivity index (χ3v) is 2.69. The Bertz CT molecular complexity index is 622. The third-order valence-electron chi connectivity index (χ3n) is 2.69. The van der Waals surface area contributed by atoms with Crippen molar-refractivity contribution in [2.24, 2.45) is 5.84 Å². The molecule has 100 valence electrons. The maximum atomic E-state index is 11.2. The van der Waals surface area contributed by atoms with E-state index in [1.165, 1.54) is 12.1 Å². The topological polar surface area (TPSA) is 112 Å². The van der Waals surface area contributed by atoms with Crippen LogP contribution in [-0.4, -0.2) is 15.5 Å². The van der Waals surface area contributed by atoms with Crippen molar-refractivity contribution in [3.05, 3.63) is 40.6 Å². The first-order chi connectivity index (χ1) is 9.11. The molecule has 0 spiro atoms. The lowest BCUT2D eigenvalue weighted by molar-refractivity contribution is -0.384. The molecule has 0 fully saturated rings. The molecule has 0 aliphatic heterocycles. The average molecular weight is 264 g/mol. The van der Waals surface area contributed by atoms with Crippen molar-refractivity contribution in [1.29, 1.82) is 0 Å². The zero-order valence-corrected chi connectivity index (χ0v) is 9.91. The third kappa shape index (κ3) is 2.87. The van der Waals surface area contributed by atoms with Crippen LogP contribution < -0.4 is 11.4 Å². The summed E-state index contributed by atoms with van der Waals surface area (Å²) in [4.78, 5) is 25.8. The minimum Gasteiger partial charge on any atom is -0.356 e. The van der Waals surface area contributed by atoms with Crippen LogP contribution in [0.3, 0.4) is 0 Å². The number of nitrogens with zero attached hydrogens (tertiary/aromatic N) is 2. The fourth-order valence-corrected chi connectivity index (χ4v) is 1.82. The lowest BCUT2D eigenvalue weighted by atomic mass is 10.2. The van der Waals surface area contributed by atoms with Gasteiger partial charge in [0.2, 0.25) is 0 Å². The van der Waals surface area contributed by atoms with Crippen LogP contribution in [0.1, 0.15) is 6.42 Å². The highest BCUT2D eigenvalue weighted by atomic mass is 16.7. The van der Waals surface area contributed by atoms with Gasteiger partial charge in [0.15, 0.2) is 0 Å². The van der Waals surface area contributed by atoms with Gasteiger partial charge < -0.3 is 9.40 Å². The Labute approximate surface area is 107 Å². The van der Waals surface area contributed by atoms with Crippen molar-refractivity contribution in [2.45, 2.75) is 13.0 Å². The number of aryl methyl sites for hydroxylation is 1. The van der Waals surface area contributed by atoms with Gasteiger partial charge in [-0.1, -0.05) is 5.59 Å². The summed E-state index contributed by atoms with van der Waals surface area (Å²) in [6.07, 6.45) is 1.91. The average Bonchev–Trinajstić information content (AvgIpc) is 2.79. The summed E-state index contributed by atoms with van der Waals surface area (Å²) in [6.45, 7) is 0.405. The maximum absolute atomic E-state index is 11.2. The zero-order chi connectivity index (χ0) is 13.8. The number of hydrogen-bond donors (Lipinski definition) is 2. The van der Waals surface area contributed by atoms with Gasteiger partial charge in [-0.15, -0.1) is 0 Å². The van der Waals surface area contributed by atoms with E-state index in [1.54, 1.807) is 18.3 Å². The second-order valence-corrected chi connectivity index (χ2v) is 3.85. The van der Waals surface area contributed by atoms with E-state index in [4.69, 9.17) is 5.84 Å². The summed E-state index contributed by atoms with van der Waals surface area (Å²) in [5, 5.41) is 11.4. The number of benzene rings is 1. The first-order valence-corrected chi connectivity index (χ1v) is 5.50. The highest BCUT2D eigenvalue weighted by molar-refractivity contribution is 5.82. The molecule has 2 rings (SSSR count). The normalized spacial score (nSPS) is 10.6. The van der Waals surface area contributed by atoms with Gasteiger partial charge in [-0.05, 0) is 12.1 Å². The summed E-state index contributed by atoms with van der Waals surface area (Å²) >= 11 is 0. The number of carbonyl (C=O) groups is 1. The fraction of sp³-hybridized carbons (Fsp3) is 0.182. The van der Waals surface area contributed by atoms with Gasteiger partial charge in [0, 0.05) is 35.8 Å². The van der Waals surface area contributed by atoms with Gasteiger partial charge >= 0.3 is 5.97 Å². The molecule has 0 unspecified atom stereocenters. The number of nitrogens with one attached hydrogen (secondary N) is 1. The van der Waals surface area contributed by atoms with Crippen molar-refractivity contribution in [3.63, 3.8) is 0 Å². The largest absolute Gasteiger partial charge is 0.356 e. The number of nitrogens with two attached hydrogens (primary N) is 1. The Balaban J connectivity index is 2.17. The molecule has 19 heavy (non-hydrogen) atoms. The van der Waals surface area contributed by atoms with Crippen LogP contribution in [-0.2, 0) is 16.2 Å². The standard InChI is InChI=1S/C11H12N4O4/c12-13-19-11(16)4-6-14-5-3-8-7-9(15(17)18)1-2-10(8)14/h1-3,5,7,13H,4,6,12H2. The second-order valence-electron chi connectivity index (χ2n) is 3.85.